The number of piperidine rings is 1. The Kier molecular flexibility index (Phi) is 5.25. The molecule has 1 N–H and O–H groups in total. The predicted molar refractivity (Wildman–Crippen MR) is 92.1 cm³/mol. The molecule has 2 heterocycles. The minimum atomic E-state index is 0.0644. The van der Waals surface area contributed by atoms with E-state index in [1.807, 2.05) is 30.3 Å². The molecule has 1 fully saturated rings. The number of rotatable bonds is 5. The number of ether oxygens (including phenoxy) is 1. The molecule has 1 aromatic heterocycles. The number of anilines is 1. The summed E-state index contributed by atoms with van der Waals surface area (Å²) < 4.78 is 5.13. The van der Waals surface area contributed by atoms with E-state index in [0.29, 0.717) is 6.42 Å². The number of carbonyl (C=O) groups is 1. The molecule has 6 nitrogen and oxygen atoms in total. The number of aromatic nitrogens is 2. The Morgan fingerprint density at radius 1 is 1.21 bits per heavy atom. The van der Waals surface area contributed by atoms with E-state index in [1.165, 1.54) is 0 Å². The second-order valence-electron chi connectivity index (χ2n) is 5.90. The van der Waals surface area contributed by atoms with Gasteiger partial charge in [0.25, 0.3) is 0 Å². The zero-order valence-corrected chi connectivity index (χ0v) is 13.8. The van der Waals surface area contributed by atoms with E-state index >= 15 is 0 Å². The summed E-state index contributed by atoms with van der Waals surface area (Å²) in [4.78, 5) is 22.9. The zero-order chi connectivity index (χ0) is 16.8. The Morgan fingerprint density at radius 2 is 1.88 bits per heavy atom. The normalized spacial score (nSPS) is 15.1. The van der Waals surface area contributed by atoms with Crippen molar-refractivity contribution in [3.05, 3.63) is 48.3 Å². The van der Waals surface area contributed by atoms with Crippen LogP contribution in [0.3, 0.4) is 0 Å². The van der Waals surface area contributed by atoms with Crippen LogP contribution >= 0.6 is 0 Å². The number of methoxy groups -OCH3 is 1. The van der Waals surface area contributed by atoms with Crippen LogP contribution in [0.25, 0.3) is 0 Å². The lowest BCUT2D eigenvalue weighted by molar-refractivity contribution is -0.121. The summed E-state index contributed by atoms with van der Waals surface area (Å²) in [5.41, 5.74) is 0.989. The van der Waals surface area contributed by atoms with E-state index in [2.05, 4.69) is 20.2 Å². The summed E-state index contributed by atoms with van der Waals surface area (Å²) >= 11 is 0. The first kappa shape index (κ1) is 16.2. The van der Waals surface area contributed by atoms with Gasteiger partial charge in [-0.2, -0.15) is 0 Å². The number of benzene rings is 1. The van der Waals surface area contributed by atoms with Gasteiger partial charge in [0.05, 0.1) is 13.5 Å². The molecule has 126 valence electrons. The highest BCUT2D eigenvalue weighted by Gasteiger charge is 2.22. The monoisotopic (exact) mass is 326 g/mol. The third-order valence-corrected chi connectivity index (χ3v) is 4.22. The summed E-state index contributed by atoms with van der Waals surface area (Å²) in [6, 6.07) is 9.63. The highest BCUT2D eigenvalue weighted by molar-refractivity contribution is 5.78. The fraction of sp³-hybridized carbons (Fsp3) is 0.389. The smallest absolute Gasteiger partial charge is 0.225 e. The van der Waals surface area contributed by atoms with Crippen molar-refractivity contribution in [1.29, 1.82) is 0 Å². The summed E-state index contributed by atoms with van der Waals surface area (Å²) in [7, 11) is 1.63. The summed E-state index contributed by atoms with van der Waals surface area (Å²) in [5, 5.41) is 3.13. The van der Waals surface area contributed by atoms with Crippen molar-refractivity contribution in [2.45, 2.75) is 25.3 Å². The topological polar surface area (TPSA) is 67.3 Å². The van der Waals surface area contributed by atoms with Gasteiger partial charge in [-0.15, -0.1) is 0 Å². The molecule has 1 aliphatic heterocycles. The first-order valence-corrected chi connectivity index (χ1v) is 8.19. The lowest BCUT2D eigenvalue weighted by Crippen LogP contribution is -2.45. The van der Waals surface area contributed by atoms with Crippen LogP contribution in [0.2, 0.25) is 0 Å². The van der Waals surface area contributed by atoms with E-state index < -0.39 is 0 Å². The number of nitrogens with zero attached hydrogens (tertiary/aromatic N) is 3. The van der Waals surface area contributed by atoms with Gasteiger partial charge < -0.3 is 15.0 Å². The number of hydrogen-bond donors (Lipinski definition) is 1. The Labute approximate surface area is 141 Å². The maximum Gasteiger partial charge on any atom is 0.225 e. The molecule has 1 aromatic carbocycles. The Hall–Kier alpha value is -2.63. The largest absolute Gasteiger partial charge is 0.497 e. The third kappa shape index (κ3) is 4.22. The standard InChI is InChI=1S/C18H22N4O2/c1-24-16-5-3-14(4-6-16)13-17(23)21-15-7-11-22(12-8-15)18-19-9-2-10-20-18/h2-6,9-10,15H,7-8,11-13H2,1H3,(H,21,23). The first-order chi connectivity index (χ1) is 11.7. The van der Waals surface area contributed by atoms with Crippen LogP contribution in [0.4, 0.5) is 5.95 Å². The maximum absolute atomic E-state index is 12.2. The molecule has 0 spiro atoms. The van der Waals surface area contributed by atoms with Gasteiger partial charge in [0, 0.05) is 31.5 Å². The lowest BCUT2D eigenvalue weighted by Gasteiger charge is -2.32. The molecular weight excluding hydrogens is 304 g/mol. The molecule has 0 saturated carbocycles. The molecule has 1 saturated heterocycles. The van der Waals surface area contributed by atoms with Gasteiger partial charge in [0.1, 0.15) is 5.75 Å². The van der Waals surface area contributed by atoms with Crippen molar-refractivity contribution in [2.24, 2.45) is 0 Å². The van der Waals surface area contributed by atoms with Crippen LogP contribution in [-0.4, -0.2) is 42.1 Å². The van der Waals surface area contributed by atoms with Gasteiger partial charge in [-0.3, -0.25) is 4.79 Å². The zero-order valence-electron chi connectivity index (χ0n) is 13.8. The second-order valence-corrected chi connectivity index (χ2v) is 5.90. The van der Waals surface area contributed by atoms with Gasteiger partial charge in [0.15, 0.2) is 0 Å². The van der Waals surface area contributed by atoms with E-state index in [4.69, 9.17) is 4.74 Å². The van der Waals surface area contributed by atoms with Crippen LogP contribution in [0.5, 0.6) is 5.75 Å². The Bertz CT molecular complexity index is 652. The molecule has 24 heavy (non-hydrogen) atoms. The molecular formula is C18H22N4O2. The summed E-state index contributed by atoms with van der Waals surface area (Å²) in [6.07, 6.45) is 5.72. The van der Waals surface area contributed by atoms with Crippen LogP contribution in [0.1, 0.15) is 18.4 Å². The molecule has 0 aliphatic carbocycles. The van der Waals surface area contributed by atoms with Gasteiger partial charge in [-0.1, -0.05) is 12.1 Å². The fourth-order valence-electron chi connectivity index (χ4n) is 2.89. The van der Waals surface area contributed by atoms with Gasteiger partial charge in [0.2, 0.25) is 11.9 Å². The third-order valence-electron chi connectivity index (χ3n) is 4.22. The molecule has 6 heteroatoms. The summed E-state index contributed by atoms with van der Waals surface area (Å²) in [5.74, 6) is 1.63. The van der Waals surface area contributed by atoms with Crippen molar-refractivity contribution in [1.82, 2.24) is 15.3 Å². The maximum atomic E-state index is 12.2. The van der Waals surface area contributed by atoms with Crippen LogP contribution in [0, 0.1) is 0 Å². The van der Waals surface area contributed by atoms with Crippen molar-refractivity contribution in [3.8, 4) is 5.75 Å². The molecule has 0 radical (unpaired) electrons. The van der Waals surface area contributed by atoms with E-state index in [1.54, 1.807) is 19.5 Å². The Balaban J connectivity index is 1.46. The van der Waals surface area contributed by atoms with Crippen molar-refractivity contribution in [3.63, 3.8) is 0 Å². The van der Waals surface area contributed by atoms with Gasteiger partial charge >= 0.3 is 0 Å². The molecule has 2 aromatic rings. The minimum Gasteiger partial charge on any atom is -0.497 e. The lowest BCUT2D eigenvalue weighted by atomic mass is 10.0. The molecule has 0 bridgehead atoms. The van der Waals surface area contributed by atoms with Gasteiger partial charge in [-0.05, 0) is 36.6 Å². The predicted octanol–water partition coefficient (Wildman–Crippen LogP) is 1.81. The molecule has 1 amide bonds. The Morgan fingerprint density at radius 3 is 2.50 bits per heavy atom. The second kappa shape index (κ2) is 7.77. The van der Waals surface area contributed by atoms with Crippen LogP contribution in [0.15, 0.2) is 42.7 Å². The molecule has 0 unspecified atom stereocenters. The minimum absolute atomic E-state index is 0.0644. The number of carbonyl (C=O) groups excluding carboxylic acids is 1. The van der Waals surface area contributed by atoms with Crippen molar-refractivity contribution >= 4 is 11.9 Å². The average molecular weight is 326 g/mol. The fourth-order valence-corrected chi connectivity index (χ4v) is 2.89. The number of hydrogen-bond acceptors (Lipinski definition) is 5. The van der Waals surface area contributed by atoms with Crippen LogP contribution in [-0.2, 0) is 11.2 Å². The number of nitrogens with one attached hydrogen (secondary N) is 1. The van der Waals surface area contributed by atoms with E-state index in [-0.39, 0.29) is 11.9 Å². The number of amides is 1. The molecule has 1 aliphatic rings. The van der Waals surface area contributed by atoms with Crippen LogP contribution < -0.4 is 15.0 Å². The van der Waals surface area contributed by atoms with Crippen molar-refractivity contribution < 1.29 is 9.53 Å². The average Bonchev–Trinajstić information content (AvgIpc) is 2.64. The van der Waals surface area contributed by atoms with Gasteiger partial charge in [-0.25, -0.2) is 9.97 Å². The summed E-state index contributed by atoms with van der Waals surface area (Å²) in [6.45, 7) is 1.72. The van der Waals surface area contributed by atoms with E-state index in [9.17, 15) is 4.79 Å². The quantitative estimate of drug-likeness (QED) is 0.908. The molecule has 3 rings (SSSR count). The van der Waals surface area contributed by atoms with E-state index in [0.717, 1.165) is 43.2 Å². The van der Waals surface area contributed by atoms with Crippen molar-refractivity contribution in [2.75, 3.05) is 25.1 Å². The highest BCUT2D eigenvalue weighted by atomic mass is 16.5. The SMILES string of the molecule is COc1ccc(CC(=O)NC2CCN(c3ncccn3)CC2)cc1. The molecule has 0 atom stereocenters. The first-order valence-electron chi connectivity index (χ1n) is 8.19. The highest BCUT2D eigenvalue weighted by Crippen LogP contribution is 2.16.